The summed E-state index contributed by atoms with van der Waals surface area (Å²) in [5.74, 6) is 0.830. The second kappa shape index (κ2) is 13.2. The Bertz CT molecular complexity index is 242. The van der Waals surface area contributed by atoms with Gasteiger partial charge in [0, 0.05) is 6.42 Å². The Morgan fingerprint density at radius 2 is 1.52 bits per heavy atom. The third-order valence-electron chi connectivity index (χ3n) is 4.75. The predicted molar refractivity (Wildman–Crippen MR) is 89.4 cm³/mol. The van der Waals surface area contributed by atoms with Gasteiger partial charge < -0.3 is 4.74 Å². The molecule has 0 heterocycles. The zero-order valence-electron chi connectivity index (χ0n) is 14.2. The SMILES string of the molecule is CCCCCCCCCC(=O)OCCC1CCCCCC1. The molecule has 0 saturated heterocycles. The van der Waals surface area contributed by atoms with E-state index in [1.165, 1.54) is 77.0 Å². The molecular formula is C19H36O2. The summed E-state index contributed by atoms with van der Waals surface area (Å²) in [4.78, 5) is 11.7. The molecule has 2 nitrogen and oxygen atoms in total. The molecule has 0 N–H and O–H groups in total. The molecule has 1 aliphatic carbocycles. The summed E-state index contributed by atoms with van der Waals surface area (Å²) < 4.78 is 5.39. The Kier molecular flexibility index (Phi) is 11.6. The topological polar surface area (TPSA) is 26.3 Å². The van der Waals surface area contributed by atoms with E-state index < -0.39 is 0 Å². The number of hydrogen-bond acceptors (Lipinski definition) is 2. The maximum atomic E-state index is 11.7. The van der Waals surface area contributed by atoms with E-state index in [0.29, 0.717) is 13.0 Å². The van der Waals surface area contributed by atoms with Crippen molar-refractivity contribution in [3.63, 3.8) is 0 Å². The quantitative estimate of drug-likeness (QED) is 0.264. The van der Waals surface area contributed by atoms with Crippen molar-refractivity contribution in [3.05, 3.63) is 0 Å². The second-order valence-corrected chi connectivity index (χ2v) is 6.74. The normalized spacial score (nSPS) is 16.6. The molecule has 0 radical (unpaired) electrons. The Morgan fingerprint density at radius 1 is 0.905 bits per heavy atom. The summed E-state index contributed by atoms with van der Waals surface area (Å²) in [6.07, 6.45) is 18.7. The first kappa shape index (κ1) is 18.5. The highest BCUT2D eigenvalue weighted by molar-refractivity contribution is 5.69. The van der Waals surface area contributed by atoms with Crippen LogP contribution in [0.3, 0.4) is 0 Å². The van der Waals surface area contributed by atoms with Gasteiger partial charge in [-0.3, -0.25) is 4.79 Å². The maximum absolute atomic E-state index is 11.7. The van der Waals surface area contributed by atoms with Crippen molar-refractivity contribution in [2.45, 2.75) is 103 Å². The minimum Gasteiger partial charge on any atom is -0.466 e. The molecular weight excluding hydrogens is 260 g/mol. The van der Waals surface area contributed by atoms with Gasteiger partial charge in [-0.05, 0) is 18.8 Å². The molecule has 0 spiro atoms. The molecule has 0 aromatic heterocycles. The van der Waals surface area contributed by atoms with Gasteiger partial charge in [0.2, 0.25) is 0 Å². The van der Waals surface area contributed by atoms with E-state index in [2.05, 4.69) is 6.92 Å². The lowest BCUT2D eigenvalue weighted by Gasteiger charge is -2.13. The number of rotatable bonds is 11. The number of hydrogen-bond donors (Lipinski definition) is 0. The van der Waals surface area contributed by atoms with Crippen molar-refractivity contribution in [2.24, 2.45) is 5.92 Å². The molecule has 0 amide bonds. The highest BCUT2D eigenvalue weighted by atomic mass is 16.5. The first-order chi connectivity index (χ1) is 10.3. The minimum atomic E-state index is 0.0252. The monoisotopic (exact) mass is 296 g/mol. The van der Waals surface area contributed by atoms with Crippen LogP contribution in [0.5, 0.6) is 0 Å². The first-order valence-electron chi connectivity index (χ1n) is 9.48. The number of unbranched alkanes of at least 4 members (excludes halogenated alkanes) is 6. The average molecular weight is 296 g/mol. The molecule has 0 aliphatic heterocycles. The molecule has 0 bridgehead atoms. The van der Waals surface area contributed by atoms with Crippen LogP contribution in [0.2, 0.25) is 0 Å². The smallest absolute Gasteiger partial charge is 0.305 e. The van der Waals surface area contributed by atoms with Gasteiger partial charge in [-0.25, -0.2) is 0 Å². The summed E-state index contributed by atoms with van der Waals surface area (Å²) in [5, 5.41) is 0. The third-order valence-corrected chi connectivity index (χ3v) is 4.75. The summed E-state index contributed by atoms with van der Waals surface area (Å²) >= 11 is 0. The number of ether oxygens (including phenoxy) is 1. The maximum Gasteiger partial charge on any atom is 0.305 e. The standard InChI is InChI=1S/C19H36O2/c1-2-3-4-5-6-7-12-15-19(20)21-17-16-18-13-10-8-9-11-14-18/h18H,2-17H2,1H3. The molecule has 1 aliphatic rings. The van der Waals surface area contributed by atoms with Gasteiger partial charge >= 0.3 is 5.97 Å². The molecule has 1 rings (SSSR count). The van der Waals surface area contributed by atoms with Crippen LogP contribution in [0, 0.1) is 5.92 Å². The summed E-state index contributed by atoms with van der Waals surface area (Å²) in [7, 11) is 0. The van der Waals surface area contributed by atoms with Crippen molar-refractivity contribution in [1.29, 1.82) is 0 Å². The van der Waals surface area contributed by atoms with E-state index in [4.69, 9.17) is 4.74 Å². The number of carbonyl (C=O) groups is 1. The summed E-state index contributed by atoms with van der Waals surface area (Å²) in [6.45, 7) is 2.89. The van der Waals surface area contributed by atoms with E-state index in [9.17, 15) is 4.79 Å². The van der Waals surface area contributed by atoms with Gasteiger partial charge in [-0.1, -0.05) is 84.0 Å². The fourth-order valence-electron chi connectivity index (χ4n) is 3.29. The molecule has 0 aromatic carbocycles. The van der Waals surface area contributed by atoms with Crippen LogP contribution < -0.4 is 0 Å². The van der Waals surface area contributed by atoms with Gasteiger partial charge in [0.15, 0.2) is 0 Å². The van der Waals surface area contributed by atoms with Crippen molar-refractivity contribution in [1.82, 2.24) is 0 Å². The van der Waals surface area contributed by atoms with Crippen LogP contribution >= 0.6 is 0 Å². The Balaban J connectivity index is 1.89. The lowest BCUT2D eigenvalue weighted by atomic mass is 9.97. The number of esters is 1. The molecule has 21 heavy (non-hydrogen) atoms. The largest absolute Gasteiger partial charge is 0.466 e. The van der Waals surface area contributed by atoms with Crippen LogP contribution in [0.4, 0.5) is 0 Å². The Hall–Kier alpha value is -0.530. The van der Waals surface area contributed by atoms with Crippen molar-refractivity contribution in [3.8, 4) is 0 Å². The lowest BCUT2D eigenvalue weighted by molar-refractivity contribution is -0.144. The Morgan fingerprint density at radius 3 is 2.19 bits per heavy atom. The lowest BCUT2D eigenvalue weighted by Crippen LogP contribution is -2.09. The van der Waals surface area contributed by atoms with Gasteiger partial charge in [0.1, 0.15) is 0 Å². The van der Waals surface area contributed by atoms with E-state index in [1.807, 2.05) is 0 Å². The molecule has 1 fully saturated rings. The predicted octanol–water partition coefficient (Wildman–Crippen LogP) is 6.03. The average Bonchev–Trinajstić information content (AvgIpc) is 2.75. The van der Waals surface area contributed by atoms with Gasteiger partial charge in [-0.2, -0.15) is 0 Å². The third kappa shape index (κ3) is 10.8. The first-order valence-corrected chi connectivity index (χ1v) is 9.48. The van der Waals surface area contributed by atoms with Crippen LogP contribution in [0.25, 0.3) is 0 Å². The molecule has 1 saturated carbocycles. The summed E-state index contributed by atoms with van der Waals surface area (Å²) in [6, 6.07) is 0. The van der Waals surface area contributed by atoms with E-state index in [1.54, 1.807) is 0 Å². The fraction of sp³-hybridized carbons (Fsp3) is 0.947. The molecule has 2 heteroatoms. The molecule has 0 aromatic rings. The van der Waals surface area contributed by atoms with Crippen LogP contribution in [0.1, 0.15) is 103 Å². The number of carbonyl (C=O) groups excluding carboxylic acids is 1. The van der Waals surface area contributed by atoms with Crippen molar-refractivity contribution in [2.75, 3.05) is 6.61 Å². The van der Waals surface area contributed by atoms with Gasteiger partial charge in [0.05, 0.1) is 6.61 Å². The van der Waals surface area contributed by atoms with E-state index in [0.717, 1.165) is 18.8 Å². The van der Waals surface area contributed by atoms with Crippen LogP contribution in [0.15, 0.2) is 0 Å². The Labute approximate surface area is 132 Å². The highest BCUT2D eigenvalue weighted by Gasteiger charge is 2.12. The molecule has 124 valence electrons. The van der Waals surface area contributed by atoms with E-state index in [-0.39, 0.29) is 5.97 Å². The zero-order valence-corrected chi connectivity index (χ0v) is 14.2. The zero-order chi connectivity index (χ0) is 15.2. The van der Waals surface area contributed by atoms with Crippen molar-refractivity contribution < 1.29 is 9.53 Å². The fourth-order valence-corrected chi connectivity index (χ4v) is 3.29. The minimum absolute atomic E-state index is 0.0252. The van der Waals surface area contributed by atoms with Crippen LogP contribution in [-0.4, -0.2) is 12.6 Å². The molecule has 0 unspecified atom stereocenters. The highest BCUT2D eigenvalue weighted by Crippen LogP contribution is 2.25. The van der Waals surface area contributed by atoms with E-state index >= 15 is 0 Å². The second-order valence-electron chi connectivity index (χ2n) is 6.74. The van der Waals surface area contributed by atoms with Gasteiger partial charge in [-0.15, -0.1) is 0 Å². The van der Waals surface area contributed by atoms with Crippen LogP contribution in [-0.2, 0) is 9.53 Å². The van der Waals surface area contributed by atoms with Crippen molar-refractivity contribution >= 4 is 5.97 Å². The van der Waals surface area contributed by atoms with Gasteiger partial charge in [0.25, 0.3) is 0 Å². The molecule has 0 atom stereocenters. The summed E-state index contributed by atoms with van der Waals surface area (Å²) in [5.41, 5.74) is 0.